The summed E-state index contributed by atoms with van der Waals surface area (Å²) in [5, 5.41) is 12.7. The Kier molecular flexibility index (Phi) is 2.65. The number of rotatable bonds is 1. The Morgan fingerprint density at radius 3 is 2.64 bits per heavy atom. The van der Waals surface area contributed by atoms with Gasteiger partial charge in [0.25, 0.3) is 5.56 Å². The van der Waals surface area contributed by atoms with Crippen LogP contribution in [0.2, 0.25) is 5.02 Å². The second-order valence-electron chi connectivity index (χ2n) is 5.91. The van der Waals surface area contributed by atoms with Crippen LogP contribution in [0.5, 0.6) is 0 Å². The van der Waals surface area contributed by atoms with Gasteiger partial charge in [0, 0.05) is 26.6 Å². The largest absolute Gasteiger partial charge is 0.478 e. The van der Waals surface area contributed by atoms with Gasteiger partial charge < -0.3 is 5.11 Å². The Labute approximate surface area is 145 Å². The molecule has 25 heavy (non-hydrogen) atoms. The monoisotopic (exact) mass is 348 g/mol. The summed E-state index contributed by atoms with van der Waals surface area (Å²) in [7, 11) is 0. The first-order chi connectivity index (χ1) is 12.1. The van der Waals surface area contributed by atoms with Crippen LogP contribution in [0.4, 0.5) is 0 Å². The highest BCUT2D eigenvalue weighted by molar-refractivity contribution is 6.37. The highest BCUT2D eigenvalue weighted by Gasteiger charge is 2.17. The fourth-order valence-electron chi connectivity index (χ4n) is 3.45. The van der Waals surface area contributed by atoms with Crippen molar-refractivity contribution in [2.75, 3.05) is 0 Å². The normalized spacial score (nSPS) is 11.9. The van der Waals surface area contributed by atoms with Crippen LogP contribution in [0, 0.1) is 0 Å². The van der Waals surface area contributed by atoms with Crippen molar-refractivity contribution in [1.82, 2.24) is 9.38 Å². The molecule has 0 saturated carbocycles. The Balaban J connectivity index is 2.12. The van der Waals surface area contributed by atoms with E-state index in [1.165, 1.54) is 16.5 Å². The lowest BCUT2D eigenvalue weighted by atomic mass is 10.0. The summed E-state index contributed by atoms with van der Waals surface area (Å²) in [5.41, 5.74) is 1.44. The molecule has 0 bridgehead atoms. The number of carbonyl (C=O) groups is 1. The van der Waals surface area contributed by atoms with Crippen LogP contribution in [0.1, 0.15) is 10.4 Å². The van der Waals surface area contributed by atoms with E-state index in [1.54, 1.807) is 24.3 Å². The van der Waals surface area contributed by atoms with Gasteiger partial charge in [0.05, 0.1) is 16.6 Å². The van der Waals surface area contributed by atoms with Crippen LogP contribution >= 0.6 is 11.6 Å². The van der Waals surface area contributed by atoms with Gasteiger partial charge in [0.15, 0.2) is 0 Å². The van der Waals surface area contributed by atoms with Crippen LogP contribution in [0.25, 0.3) is 38.2 Å². The fraction of sp³-hybridized carbons (Fsp3) is 0. The molecule has 0 saturated heterocycles. The molecule has 5 rings (SSSR count). The first-order valence-electron chi connectivity index (χ1n) is 7.58. The van der Waals surface area contributed by atoms with Gasteiger partial charge in [-0.15, -0.1) is 0 Å². The smallest absolute Gasteiger partial charge is 0.335 e. The maximum absolute atomic E-state index is 13.1. The number of carboxylic acid groups (broad SMARTS) is 1. The Morgan fingerprint density at radius 2 is 1.84 bits per heavy atom. The molecule has 0 unspecified atom stereocenters. The molecule has 0 fully saturated rings. The van der Waals surface area contributed by atoms with Crippen LogP contribution in [-0.2, 0) is 0 Å². The predicted octanol–water partition coefficient (Wildman–Crippen LogP) is 3.94. The van der Waals surface area contributed by atoms with Crippen LogP contribution in [-0.4, -0.2) is 20.5 Å². The summed E-state index contributed by atoms with van der Waals surface area (Å²) in [6, 6.07) is 13.6. The summed E-state index contributed by atoms with van der Waals surface area (Å²) in [6.07, 6.45) is 0. The summed E-state index contributed by atoms with van der Waals surface area (Å²) in [6.45, 7) is 0. The lowest BCUT2D eigenvalue weighted by molar-refractivity contribution is 0.0697. The highest BCUT2D eigenvalue weighted by Crippen LogP contribution is 2.33. The number of nitrogens with zero attached hydrogens (tertiary/aromatic N) is 2. The molecule has 0 aliphatic rings. The molecule has 6 heteroatoms. The molecule has 0 atom stereocenters. The zero-order chi connectivity index (χ0) is 17.3. The quantitative estimate of drug-likeness (QED) is 0.498. The minimum Gasteiger partial charge on any atom is -0.478 e. The molecule has 0 amide bonds. The van der Waals surface area contributed by atoms with Gasteiger partial charge >= 0.3 is 5.97 Å². The van der Waals surface area contributed by atoms with Gasteiger partial charge in [0.1, 0.15) is 5.65 Å². The molecule has 0 spiro atoms. The molecule has 0 aliphatic carbocycles. The van der Waals surface area contributed by atoms with Crippen LogP contribution in [0.15, 0.2) is 53.3 Å². The average molecular weight is 349 g/mol. The number of imidazole rings is 1. The second-order valence-corrected chi connectivity index (χ2v) is 6.31. The number of benzene rings is 3. The minimum absolute atomic E-state index is 0.114. The molecule has 2 aromatic heterocycles. The summed E-state index contributed by atoms with van der Waals surface area (Å²) in [4.78, 5) is 28.9. The van der Waals surface area contributed by atoms with Crippen molar-refractivity contribution in [3.05, 3.63) is 69.5 Å². The Hall–Kier alpha value is -3.18. The summed E-state index contributed by atoms with van der Waals surface area (Å²) >= 11 is 6.29. The van der Waals surface area contributed by atoms with Gasteiger partial charge in [-0.05, 0) is 36.4 Å². The molecule has 0 aliphatic heterocycles. The number of aromatic nitrogens is 2. The predicted molar refractivity (Wildman–Crippen MR) is 97.1 cm³/mol. The second kappa shape index (κ2) is 4.68. The number of aromatic carboxylic acids is 1. The lowest BCUT2D eigenvalue weighted by Crippen LogP contribution is -2.13. The van der Waals surface area contributed by atoms with E-state index in [0.717, 1.165) is 16.2 Å². The van der Waals surface area contributed by atoms with E-state index in [-0.39, 0.29) is 11.1 Å². The van der Waals surface area contributed by atoms with E-state index in [1.807, 2.05) is 12.1 Å². The molecule has 5 aromatic rings. The third kappa shape index (κ3) is 1.76. The highest BCUT2D eigenvalue weighted by atomic mass is 35.5. The van der Waals surface area contributed by atoms with Crippen molar-refractivity contribution >= 4 is 55.8 Å². The lowest BCUT2D eigenvalue weighted by Gasteiger charge is -2.08. The Morgan fingerprint density at radius 1 is 1.04 bits per heavy atom. The number of carboxylic acids is 1. The van der Waals surface area contributed by atoms with Crippen LogP contribution < -0.4 is 5.56 Å². The zero-order valence-electron chi connectivity index (χ0n) is 12.7. The van der Waals surface area contributed by atoms with Crippen molar-refractivity contribution in [3.8, 4) is 0 Å². The molecule has 5 nitrogen and oxygen atoms in total. The van der Waals surface area contributed by atoms with Gasteiger partial charge in [0.2, 0.25) is 0 Å². The van der Waals surface area contributed by atoms with E-state index in [4.69, 9.17) is 11.6 Å². The van der Waals surface area contributed by atoms with Crippen LogP contribution in [0.3, 0.4) is 0 Å². The average Bonchev–Trinajstić information content (AvgIpc) is 2.99. The molecule has 2 heterocycles. The number of pyridine rings is 1. The minimum atomic E-state index is -1.05. The molecule has 0 radical (unpaired) electrons. The van der Waals surface area contributed by atoms with E-state index in [2.05, 4.69) is 4.98 Å². The number of fused-ring (bicyclic) bond motifs is 4. The maximum Gasteiger partial charge on any atom is 0.335 e. The topological polar surface area (TPSA) is 71.7 Å². The van der Waals surface area contributed by atoms with E-state index >= 15 is 0 Å². The molecule has 1 N–H and O–H groups in total. The van der Waals surface area contributed by atoms with Crippen molar-refractivity contribution in [2.45, 2.75) is 0 Å². The zero-order valence-corrected chi connectivity index (χ0v) is 13.4. The summed E-state index contributed by atoms with van der Waals surface area (Å²) in [5.74, 6) is -1.05. The Bertz CT molecular complexity index is 1410. The first kappa shape index (κ1) is 14.2. The van der Waals surface area contributed by atoms with E-state index in [9.17, 15) is 14.7 Å². The SMILES string of the molecule is O=C(O)c1ccc2nc3c4ccc(Cl)c5cccc(c(=O)n3c2c1)c54. The third-order valence-electron chi connectivity index (χ3n) is 4.56. The fourth-order valence-corrected chi connectivity index (χ4v) is 3.67. The number of hydrogen-bond acceptors (Lipinski definition) is 3. The van der Waals surface area contributed by atoms with Gasteiger partial charge in [-0.25, -0.2) is 9.78 Å². The molecule has 120 valence electrons. The van der Waals surface area contributed by atoms with Gasteiger partial charge in [-0.3, -0.25) is 9.20 Å². The van der Waals surface area contributed by atoms with Crippen molar-refractivity contribution < 1.29 is 9.90 Å². The van der Waals surface area contributed by atoms with Crippen molar-refractivity contribution in [2.24, 2.45) is 0 Å². The maximum atomic E-state index is 13.1. The van der Waals surface area contributed by atoms with E-state index in [0.29, 0.717) is 27.1 Å². The third-order valence-corrected chi connectivity index (χ3v) is 4.89. The molecule has 3 aromatic carbocycles. The molecular weight excluding hydrogens is 340 g/mol. The van der Waals surface area contributed by atoms with Crippen molar-refractivity contribution in [3.63, 3.8) is 0 Å². The van der Waals surface area contributed by atoms with E-state index < -0.39 is 5.97 Å². The summed E-state index contributed by atoms with van der Waals surface area (Å²) < 4.78 is 1.48. The number of hydrogen-bond donors (Lipinski definition) is 1. The number of halogens is 1. The van der Waals surface area contributed by atoms with Crippen molar-refractivity contribution in [1.29, 1.82) is 0 Å². The standard InChI is InChI=1S/C19H9ClN2O3/c20-13-6-5-11-16-10(13)2-1-3-12(16)18(23)22-15-8-9(19(24)25)4-7-14(15)21-17(11)22/h1-8H,(H,24,25). The first-order valence-corrected chi connectivity index (χ1v) is 7.96. The van der Waals surface area contributed by atoms with Gasteiger partial charge in [-0.2, -0.15) is 0 Å². The van der Waals surface area contributed by atoms with Gasteiger partial charge in [-0.1, -0.05) is 23.7 Å². The molecular formula is C19H9ClN2O3.